The number of carboxylic acid groups (broad SMARTS) is 1. The molecule has 0 saturated heterocycles. The van der Waals surface area contributed by atoms with E-state index in [1.807, 2.05) is 0 Å². The Labute approximate surface area is 150 Å². The Morgan fingerprint density at radius 1 is 1.27 bits per heavy atom. The van der Waals surface area contributed by atoms with Crippen molar-refractivity contribution >= 4 is 27.8 Å². The second kappa shape index (κ2) is 6.80. The Hall–Kier alpha value is -2.87. The van der Waals surface area contributed by atoms with Gasteiger partial charge in [0.05, 0.1) is 12.8 Å². The lowest BCUT2D eigenvalue weighted by Crippen LogP contribution is -2.29. The molecule has 2 aromatic rings. The smallest absolute Gasteiger partial charge is 0.328 e. The van der Waals surface area contributed by atoms with E-state index in [9.17, 15) is 17.6 Å². The van der Waals surface area contributed by atoms with E-state index in [2.05, 4.69) is 0 Å². The normalized spacial score (nSPS) is 13.8. The average molecular weight is 377 g/mol. The van der Waals surface area contributed by atoms with E-state index in [1.165, 1.54) is 37.5 Å². The number of nitrogens with zero attached hydrogens (tertiary/aromatic N) is 1. The molecule has 1 aliphatic heterocycles. The number of ether oxygens (including phenoxy) is 1. The van der Waals surface area contributed by atoms with Crippen LogP contribution in [0.5, 0.6) is 5.75 Å². The Kier molecular flexibility index (Phi) is 4.69. The summed E-state index contributed by atoms with van der Waals surface area (Å²) in [7, 11) is -2.67. The lowest BCUT2D eigenvalue weighted by atomic mass is 10.2. The highest BCUT2D eigenvalue weighted by atomic mass is 32.2. The van der Waals surface area contributed by atoms with Crippen LogP contribution in [-0.2, 0) is 21.2 Å². The number of carboxylic acids is 1. The topological polar surface area (TPSA) is 83.9 Å². The predicted octanol–water partition coefficient (Wildman–Crippen LogP) is 2.68. The van der Waals surface area contributed by atoms with Gasteiger partial charge in [-0.3, -0.25) is 4.31 Å². The van der Waals surface area contributed by atoms with E-state index in [1.54, 1.807) is 12.1 Å². The quantitative estimate of drug-likeness (QED) is 0.810. The number of methoxy groups -OCH3 is 1. The maximum atomic E-state index is 13.6. The molecule has 6 nitrogen and oxygen atoms in total. The molecular weight excluding hydrogens is 361 g/mol. The Morgan fingerprint density at radius 2 is 2.04 bits per heavy atom. The zero-order valence-electron chi connectivity index (χ0n) is 13.8. The third kappa shape index (κ3) is 3.28. The van der Waals surface area contributed by atoms with Gasteiger partial charge in [0.1, 0.15) is 16.5 Å². The summed E-state index contributed by atoms with van der Waals surface area (Å²) in [6.45, 7) is 0.194. The van der Waals surface area contributed by atoms with E-state index in [0.717, 1.165) is 15.9 Å². The van der Waals surface area contributed by atoms with E-state index >= 15 is 0 Å². The largest absolute Gasteiger partial charge is 0.495 e. The van der Waals surface area contributed by atoms with E-state index in [4.69, 9.17) is 9.84 Å². The molecule has 0 fully saturated rings. The first-order valence-electron chi connectivity index (χ1n) is 7.73. The third-order valence-corrected chi connectivity index (χ3v) is 5.91. The zero-order chi connectivity index (χ0) is 18.9. The zero-order valence-corrected chi connectivity index (χ0v) is 14.7. The molecule has 0 saturated carbocycles. The first-order chi connectivity index (χ1) is 12.3. The van der Waals surface area contributed by atoms with Crippen LogP contribution < -0.4 is 9.04 Å². The van der Waals surface area contributed by atoms with Gasteiger partial charge in [-0.05, 0) is 47.9 Å². The highest BCUT2D eigenvalue weighted by molar-refractivity contribution is 7.93. The van der Waals surface area contributed by atoms with Crippen molar-refractivity contribution in [2.24, 2.45) is 0 Å². The number of rotatable bonds is 5. The van der Waals surface area contributed by atoms with Gasteiger partial charge in [0.15, 0.2) is 0 Å². The molecule has 0 aromatic heterocycles. The molecule has 0 atom stereocenters. The van der Waals surface area contributed by atoms with Gasteiger partial charge in [-0.2, -0.15) is 0 Å². The van der Waals surface area contributed by atoms with Crippen LogP contribution >= 0.6 is 0 Å². The monoisotopic (exact) mass is 377 g/mol. The molecule has 136 valence electrons. The van der Waals surface area contributed by atoms with Gasteiger partial charge < -0.3 is 9.84 Å². The van der Waals surface area contributed by atoms with Crippen molar-refractivity contribution in [2.75, 3.05) is 18.0 Å². The van der Waals surface area contributed by atoms with Gasteiger partial charge in [-0.15, -0.1) is 0 Å². The minimum absolute atomic E-state index is 0.107. The van der Waals surface area contributed by atoms with Crippen molar-refractivity contribution < 1.29 is 27.4 Å². The molecule has 0 aliphatic carbocycles. The maximum Gasteiger partial charge on any atom is 0.328 e. The van der Waals surface area contributed by atoms with Crippen molar-refractivity contribution in [3.8, 4) is 5.75 Å². The van der Waals surface area contributed by atoms with Crippen LogP contribution in [0.15, 0.2) is 47.4 Å². The highest BCUT2D eigenvalue weighted by Crippen LogP contribution is 2.36. The van der Waals surface area contributed by atoms with Crippen LogP contribution in [0.25, 0.3) is 6.08 Å². The van der Waals surface area contributed by atoms with Crippen molar-refractivity contribution in [3.63, 3.8) is 0 Å². The summed E-state index contributed by atoms with van der Waals surface area (Å²) in [5, 5.41) is 8.74. The molecular formula is C18H16FNO5S. The van der Waals surface area contributed by atoms with Crippen LogP contribution in [0.3, 0.4) is 0 Å². The predicted molar refractivity (Wildman–Crippen MR) is 94.3 cm³/mol. The molecule has 8 heteroatoms. The number of sulfonamides is 1. The summed E-state index contributed by atoms with van der Waals surface area (Å²) in [5.41, 5.74) is 1.44. The van der Waals surface area contributed by atoms with Crippen LogP contribution in [0, 0.1) is 5.82 Å². The molecule has 1 N–H and O–H groups in total. The molecule has 2 aromatic carbocycles. The Balaban J connectivity index is 2.09. The fourth-order valence-electron chi connectivity index (χ4n) is 2.86. The van der Waals surface area contributed by atoms with Crippen LogP contribution in [0.2, 0.25) is 0 Å². The molecule has 1 heterocycles. The minimum atomic E-state index is -4.01. The summed E-state index contributed by atoms with van der Waals surface area (Å²) in [5.74, 6) is -1.53. The van der Waals surface area contributed by atoms with E-state index in [0.29, 0.717) is 17.7 Å². The number of anilines is 1. The lowest BCUT2D eigenvalue weighted by molar-refractivity contribution is -0.131. The molecule has 1 aliphatic rings. The lowest BCUT2D eigenvalue weighted by Gasteiger charge is -2.21. The van der Waals surface area contributed by atoms with Crippen molar-refractivity contribution in [1.82, 2.24) is 0 Å². The average Bonchev–Trinajstić information content (AvgIpc) is 3.03. The first kappa shape index (κ1) is 17.9. The summed E-state index contributed by atoms with van der Waals surface area (Å²) < 4.78 is 46.2. The third-order valence-electron chi connectivity index (χ3n) is 4.07. The van der Waals surface area contributed by atoms with Crippen molar-refractivity contribution in [3.05, 3.63) is 59.4 Å². The molecule has 0 radical (unpaired) electrons. The van der Waals surface area contributed by atoms with Crippen molar-refractivity contribution in [2.45, 2.75) is 11.3 Å². The molecule has 0 spiro atoms. The van der Waals surface area contributed by atoms with Gasteiger partial charge >= 0.3 is 5.97 Å². The fraction of sp³-hybridized carbons (Fsp3) is 0.167. The van der Waals surface area contributed by atoms with Crippen LogP contribution in [0.1, 0.15) is 11.1 Å². The van der Waals surface area contributed by atoms with Gasteiger partial charge in [0.2, 0.25) is 0 Å². The van der Waals surface area contributed by atoms with E-state index < -0.39 is 21.8 Å². The molecule has 0 amide bonds. The number of fused-ring (bicyclic) bond motifs is 1. The standard InChI is InChI=1S/C18H16FNO5S/c1-25-16-6-2-12(3-7-18(21)22)10-17(16)26(23,24)20-9-8-13-4-5-14(19)11-15(13)20/h2-7,10-11H,8-9H2,1H3,(H,21,22). The number of hydrogen-bond donors (Lipinski definition) is 1. The summed E-state index contributed by atoms with van der Waals surface area (Å²) in [6.07, 6.45) is 2.69. The summed E-state index contributed by atoms with van der Waals surface area (Å²) >= 11 is 0. The molecule has 26 heavy (non-hydrogen) atoms. The molecule has 0 bridgehead atoms. The van der Waals surface area contributed by atoms with Gasteiger partial charge in [-0.25, -0.2) is 17.6 Å². The Bertz CT molecular complexity index is 1000. The highest BCUT2D eigenvalue weighted by Gasteiger charge is 2.33. The van der Waals surface area contributed by atoms with Crippen molar-refractivity contribution in [1.29, 1.82) is 0 Å². The minimum Gasteiger partial charge on any atom is -0.495 e. The first-order valence-corrected chi connectivity index (χ1v) is 9.17. The summed E-state index contributed by atoms with van der Waals surface area (Å²) in [4.78, 5) is 10.6. The summed E-state index contributed by atoms with van der Waals surface area (Å²) in [6, 6.07) is 8.41. The fourth-order valence-corrected chi connectivity index (χ4v) is 4.55. The van der Waals surface area contributed by atoms with Gasteiger partial charge in [0, 0.05) is 12.6 Å². The number of benzene rings is 2. The van der Waals surface area contributed by atoms with Gasteiger partial charge in [-0.1, -0.05) is 12.1 Å². The number of hydrogen-bond acceptors (Lipinski definition) is 4. The van der Waals surface area contributed by atoms with Crippen LogP contribution in [-0.4, -0.2) is 33.1 Å². The number of halogens is 1. The number of carbonyl (C=O) groups is 1. The Morgan fingerprint density at radius 3 is 2.73 bits per heavy atom. The SMILES string of the molecule is COc1ccc(C=CC(=O)O)cc1S(=O)(=O)N1CCc2ccc(F)cc21. The van der Waals surface area contributed by atoms with Crippen LogP contribution in [0.4, 0.5) is 10.1 Å². The second-order valence-electron chi connectivity index (χ2n) is 5.68. The number of aliphatic carboxylic acids is 1. The maximum absolute atomic E-state index is 13.6. The van der Waals surface area contributed by atoms with Gasteiger partial charge in [0.25, 0.3) is 10.0 Å². The molecule has 3 rings (SSSR count). The second-order valence-corrected chi connectivity index (χ2v) is 7.51. The molecule has 0 unspecified atom stereocenters. The van der Waals surface area contributed by atoms with E-state index in [-0.39, 0.29) is 17.2 Å².